The monoisotopic (exact) mass is 537 g/mol. The summed E-state index contributed by atoms with van der Waals surface area (Å²) in [5.41, 5.74) is 4.88. The number of nitrogens with zero attached hydrogens (tertiary/aromatic N) is 5. The number of thiazole rings is 1. The van der Waals surface area contributed by atoms with Crippen molar-refractivity contribution >= 4 is 34.6 Å². The lowest BCUT2D eigenvalue weighted by Gasteiger charge is -2.20. The van der Waals surface area contributed by atoms with Crippen molar-refractivity contribution in [2.45, 2.75) is 13.0 Å². The minimum atomic E-state index is -0.134. The molecule has 11 heteroatoms. The standard InChI is InChI=1S/C28H23N7O3S/c29-17-33-28(34-19-6-9-30-10-7-19)32-16-20-15-31-26(39-20)27(36)35-11-8-22-21(2-1-3-23(22)35)18-4-5-24-25(14-18)38-13-12-37-24/h1-7,9-10,14-15H,8,11-13,16H2,(H2,30,32,33,34). The third-order valence-corrected chi connectivity index (χ3v) is 7.38. The predicted octanol–water partition coefficient (Wildman–Crippen LogP) is 4.22. The van der Waals surface area contributed by atoms with Gasteiger partial charge in [-0.2, -0.15) is 5.26 Å². The molecule has 0 saturated carbocycles. The molecule has 0 atom stereocenters. The quantitative estimate of drug-likeness (QED) is 0.220. The number of benzene rings is 2. The zero-order chi connectivity index (χ0) is 26.6. The summed E-state index contributed by atoms with van der Waals surface area (Å²) < 4.78 is 11.4. The maximum absolute atomic E-state index is 13.5. The molecule has 10 nitrogen and oxygen atoms in total. The number of carbonyl (C=O) groups is 1. The normalized spacial score (nSPS) is 13.9. The molecule has 1 amide bonds. The summed E-state index contributed by atoms with van der Waals surface area (Å²) in [6.07, 6.45) is 7.49. The van der Waals surface area contributed by atoms with Crippen LogP contribution in [-0.2, 0) is 13.0 Å². The summed E-state index contributed by atoms with van der Waals surface area (Å²) >= 11 is 1.31. The molecule has 4 aromatic rings. The molecule has 2 aromatic carbocycles. The average Bonchev–Trinajstić information content (AvgIpc) is 3.64. The molecule has 39 heavy (non-hydrogen) atoms. The van der Waals surface area contributed by atoms with Crippen molar-refractivity contribution in [3.8, 4) is 28.8 Å². The van der Waals surface area contributed by atoms with E-state index in [1.54, 1.807) is 41.8 Å². The van der Waals surface area contributed by atoms with E-state index >= 15 is 0 Å². The van der Waals surface area contributed by atoms with Crippen LogP contribution in [0.2, 0.25) is 0 Å². The van der Waals surface area contributed by atoms with Gasteiger partial charge >= 0.3 is 0 Å². The molecule has 0 saturated heterocycles. The van der Waals surface area contributed by atoms with Crippen LogP contribution in [0.15, 0.2) is 72.1 Å². The number of amides is 1. The third kappa shape index (κ3) is 5.10. The molecular weight excluding hydrogens is 514 g/mol. The number of rotatable bonds is 5. The Bertz CT molecular complexity index is 1600. The van der Waals surface area contributed by atoms with E-state index in [2.05, 4.69) is 31.7 Å². The molecule has 0 spiro atoms. The van der Waals surface area contributed by atoms with E-state index in [9.17, 15) is 4.79 Å². The van der Waals surface area contributed by atoms with Crippen LogP contribution in [0, 0.1) is 11.5 Å². The Morgan fingerprint density at radius 3 is 2.82 bits per heavy atom. The largest absolute Gasteiger partial charge is 0.486 e. The van der Waals surface area contributed by atoms with Crippen molar-refractivity contribution in [2.24, 2.45) is 4.99 Å². The number of nitrogens with one attached hydrogen (secondary N) is 2. The van der Waals surface area contributed by atoms with Gasteiger partial charge in [-0.25, -0.2) is 4.98 Å². The number of aromatic nitrogens is 2. The summed E-state index contributed by atoms with van der Waals surface area (Å²) in [6, 6.07) is 15.5. The van der Waals surface area contributed by atoms with Gasteiger partial charge in [0.15, 0.2) is 16.5 Å². The fourth-order valence-electron chi connectivity index (χ4n) is 4.63. The predicted molar refractivity (Wildman–Crippen MR) is 148 cm³/mol. The molecule has 0 fully saturated rings. The van der Waals surface area contributed by atoms with Crippen LogP contribution in [-0.4, -0.2) is 41.6 Å². The van der Waals surface area contributed by atoms with E-state index in [-0.39, 0.29) is 5.91 Å². The highest BCUT2D eigenvalue weighted by Gasteiger charge is 2.29. The number of carbonyl (C=O) groups excluding carboxylic acids is 1. The Morgan fingerprint density at radius 1 is 1.13 bits per heavy atom. The zero-order valence-corrected chi connectivity index (χ0v) is 21.6. The summed E-state index contributed by atoms with van der Waals surface area (Å²) in [5.74, 6) is 1.66. The number of hydrogen-bond donors (Lipinski definition) is 2. The highest BCUT2D eigenvalue weighted by atomic mass is 32.1. The van der Waals surface area contributed by atoms with Gasteiger partial charge in [-0.3, -0.25) is 9.78 Å². The van der Waals surface area contributed by atoms with Gasteiger partial charge in [0.2, 0.25) is 12.2 Å². The van der Waals surface area contributed by atoms with Gasteiger partial charge in [0.05, 0.1) is 6.54 Å². The van der Waals surface area contributed by atoms with Crippen LogP contribution in [0.4, 0.5) is 11.4 Å². The molecule has 0 bridgehead atoms. The highest BCUT2D eigenvalue weighted by molar-refractivity contribution is 7.13. The first-order valence-corrected chi connectivity index (χ1v) is 13.2. The molecule has 6 rings (SSSR count). The van der Waals surface area contributed by atoms with E-state index in [1.165, 1.54) is 11.3 Å². The fraction of sp³-hybridized carbons (Fsp3) is 0.179. The second-order valence-electron chi connectivity index (χ2n) is 8.78. The van der Waals surface area contributed by atoms with E-state index in [4.69, 9.17) is 14.7 Å². The van der Waals surface area contributed by atoms with Gasteiger partial charge in [0, 0.05) is 41.4 Å². The number of aliphatic imine (C=N–C) groups is 1. The molecule has 2 aromatic heterocycles. The Labute approximate surface area is 228 Å². The van der Waals surface area contributed by atoms with Crippen LogP contribution in [0.1, 0.15) is 20.2 Å². The number of fused-ring (bicyclic) bond motifs is 2. The second-order valence-corrected chi connectivity index (χ2v) is 9.89. The van der Waals surface area contributed by atoms with Gasteiger partial charge < -0.3 is 25.0 Å². The molecular formula is C28H23N7O3S. The highest BCUT2D eigenvalue weighted by Crippen LogP contribution is 2.40. The average molecular weight is 538 g/mol. The lowest BCUT2D eigenvalue weighted by molar-refractivity contribution is 0.0989. The number of guanidine groups is 1. The lowest BCUT2D eigenvalue weighted by atomic mass is 9.97. The fourth-order valence-corrected chi connectivity index (χ4v) is 5.44. The SMILES string of the molecule is N#C/N=C(\NCc1cnc(C(=O)N2CCc3c(-c4ccc5c(c4)OCCO5)cccc32)s1)Nc1ccncc1. The zero-order valence-electron chi connectivity index (χ0n) is 20.8. The van der Waals surface area contributed by atoms with E-state index < -0.39 is 0 Å². The first-order valence-electron chi connectivity index (χ1n) is 12.4. The molecule has 194 valence electrons. The van der Waals surface area contributed by atoms with Crippen molar-refractivity contribution in [1.29, 1.82) is 5.26 Å². The van der Waals surface area contributed by atoms with Crippen molar-refractivity contribution in [3.05, 3.63) is 82.6 Å². The minimum absolute atomic E-state index is 0.134. The lowest BCUT2D eigenvalue weighted by Crippen LogP contribution is -2.29. The smallest absolute Gasteiger partial charge is 0.287 e. The number of pyridine rings is 1. The van der Waals surface area contributed by atoms with Gasteiger partial charge in [-0.15, -0.1) is 16.3 Å². The van der Waals surface area contributed by atoms with Crippen LogP contribution in [0.25, 0.3) is 11.1 Å². The molecule has 0 unspecified atom stereocenters. The summed E-state index contributed by atoms with van der Waals surface area (Å²) in [5, 5.41) is 15.6. The van der Waals surface area contributed by atoms with Crippen molar-refractivity contribution in [2.75, 3.05) is 30.0 Å². The van der Waals surface area contributed by atoms with Crippen LogP contribution < -0.4 is 25.0 Å². The van der Waals surface area contributed by atoms with Crippen molar-refractivity contribution < 1.29 is 14.3 Å². The Hall–Kier alpha value is -4.95. The summed E-state index contributed by atoms with van der Waals surface area (Å²) in [6.45, 7) is 2.02. The maximum atomic E-state index is 13.5. The summed E-state index contributed by atoms with van der Waals surface area (Å²) in [7, 11) is 0. The number of nitriles is 1. The van der Waals surface area contributed by atoms with Crippen LogP contribution in [0.5, 0.6) is 11.5 Å². The number of ether oxygens (including phenoxy) is 2. The molecule has 4 heterocycles. The van der Waals surface area contributed by atoms with E-state index in [0.717, 1.165) is 50.9 Å². The minimum Gasteiger partial charge on any atom is -0.486 e. The Balaban J connectivity index is 1.16. The number of hydrogen-bond acceptors (Lipinski definition) is 8. The topological polar surface area (TPSA) is 125 Å². The van der Waals surface area contributed by atoms with Gasteiger partial charge in [0.1, 0.15) is 13.2 Å². The molecule has 2 N–H and O–H groups in total. The van der Waals surface area contributed by atoms with Crippen LogP contribution in [0.3, 0.4) is 0 Å². The van der Waals surface area contributed by atoms with Gasteiger partial charge in [-0.05, 0) is 53.4 Å². The van der Waals surface area contributed by atoms with Gasteiger partial charge in [-0.1, -0.05) is 18.2 Å². The Kier molecular flexibility index (Phi) is 6.76. The van der Waals surface area contributed by atoms with Crippen molar-refractivity contribution in [3.63, 3.8) is 0 Å². The Morgan fingerprint density at radius 2 is 1.97 bits per heavy atom. The third-order valence-electron chi connectivity index (χ3n) is 6.40. The molecule has 0 radical (unpaired) electrons. The molecule has 0 aliphatic carbocycles. The molecule has 2 aliphatic rings. The van der Waals surface area contributed by atoms with E-state index in [0.29, 0.717) is 37.3 Å². The first kappa shape index (κ1) is 24.4. The number of anilines is 2. The van der Waals surface area contributed by atoms with E-state index in [1.807, 2.05) is 30.3 Å². The molecule has 2 aliphatic heterocycles. The van der Waals surface area contributed by atoms with Crippen LogP contribution >= 0.6 is 11.3 Å². The summed E-state index contributed by atoms with van der Waals surface area (Å²) in [4.78, 5) is 28.3. The second kappa shape index (κ2) is 10.8. The maximum Gasteiger partial charge on any atom is 0.287 e. The first-order chi connectivity index (χ1) is 19.2. The van der Waals surface area contributed by atoms with Crippen molar-refractivity contribution in [1.82, 2.24) is 15.3 Å². The van der Waals surface area contributed by atoms with Gasteiger partial charge in [0.25, 0.3) is 5.91 Å².